The molecule has 0 radical (unpaired) electrons. The lowest BCUT2D eigenvalue weighted by Gasteiger charge is -2.64. The van der Waals surface area contributed by atoms with Gasteiger partial charge in [-0.15, -0.1) is 0 Å². The minimum Gasteiger partial charge on any atom is -0.504 e. The number of benzene rings is 1. The molecular formula is C21H28N2O4. The molecule has 1 saturated heterocycles. The smallest absolute Gasteiger partial charge is 0.165 e. The number of rotatable bonds is 3. The fraction of sp³-hybridized carbons (Fsp3) is 0.714. The van der Waals surface area contributed by atoms with Crippen LogP contribution in [-0.4, -0.2) is 69.7 Å². The highest BCUT2D eigenvalue weighted by molar-refractivity contribution is 5.62. The SMILES string of the molecule is CN[C@@H]1CC[C@@]2(O)C3Cc4ccc(O)c5c4[C@@]2(CCN3CC2(O)CC2)[C@H]1O5. The Balaban J connectivity index is 1.54. The molecule has 0 aromatic heterocycles. The summed E-state index contributed by atoms with van der Waals surface area (Å²) in [7, 11) is 1.96. The van der Waals surface area contributed by atoms with Gasteiger partial charge in [0.05, 0.1) is 16.6 Å². The molecule has 2 saturated carbocycles. The molecule has 5 aliphatic rings. The van der Waals surface area contributed by atoms with Crippen molar-refractivity contribution in [1.82, 2.24) is 10.2 Å². The van der Waals surface area contributed by atoms with Crippen molar-refractivity contribution in [3.63, 3.8) is 0 Å². The van der Waals surface area contributed by atoms with Crippen molar-refractivity contribution in [2.75, 3.05) is 20.1 Å². The second-order valence-corrected chi connectivity index (χ2v) is 9.48. The van der Waals surface area contributed by atoms with Crippen LogP contribution in [0, 0.1) is 0 Å². The van der Waals surface area contributed by atoms with Crippen molar-refractivity contribution < 1.29 is 20.1 Å². The molecule has 2 aliphatic heterocycles. The third-order valence-electron chi connectivity index (χ3n) is 8.27. The number of aliphatic hydroxyl groups is 2. The Kier molecular flexibility index (Phi) is 3.06. The molecule has 2 bridgehead atoms. The maximum absolute atomic E-state index is 12.2. The van der Waals surface area contributed by atoms with Crippen LogP contribution in [0.2, 0.25) is 0 Å². The number of β-amino-alcohol motifs (C(OH)–C–C–N with tert-alkyl or cyclic N) is 1. The topological polar surface area (TPSA) is 85.2 Å². The standard InChI is InChI=1S/C21H28N2O4/c1-22-13-4-5-21(26)15-10-12-2-3-14(24)17-16(12)20(21,18(13)27-17)8-9-23(15)11-19(25)6-7-19/h2-3,13,15,18,22,24-26H,4-11H2,1H3/t13-,15?,18+,20+,21-/m1/s1. The number of piperidine rings is 1. The molecule has 5 atom stereocenters. The molecule has 6 nitrogen and oxygen atoms in total. The van der Waals surface area contributed by atoms with Gasteiger partial charge in [0.1, 0.15) is 6.10 Å². The van der Waals surface area contributed by atoms with Crippen LogP contribution in [0.4, 0.5) is 0 Å². The van der Waals surface area contributed by atoms with Gasteiger partial charge >= 0.3 is 0 Å². The van der Waals surface area contributed by atoms with Gasteiger partial charge in [-0.2, -0.15) is 0 Å². The Bertz CT molecular complexity index is 825. The molecule has 0 amide bonds. The van der Waals surface area contributed by atoms with Crippen LogP contribution in [0.25, 0.3) is 0 Å². The number of hydrogen-bond donors (Lipinski definition) is 4. The summed E-state index contributed by atoms with van der Waals surface area (Å²) in [5.74, 6) is 0.772. The zero-order valence-corrected chi connectivity index (χ0v) is 15.7. The maximum atomic E-state index is 12.2. The summed E-state index contributed by atoms with van der Waals surface area (Å²) in [6.45, 7) is 1.50. The van der Waals surface area contributed by atoms with Gasteiger partial charge in [-0.25, -0.2) is 0 Å². The summed E-state index contributed by atoms with van der Waals surface area (Å²) in [6, 6.07) is 3.88. The quantitative estimate of drug-likeness (QED) is 0.624. The highest BCUT2D eigenvalue weighted by Crippen LogP contribution is 2.65. The molecule has 1 spiro atoms. The zero-order valence-electron chi connectivity index (χ0n) is 15.7. The molecule has 6 heteroatoms. The van der Waals surface area contributed by atoms with Crippen LogP contribution in [0.1, 0.15) is 43.2 Å². The minimum atomic E-state index is -0.888. The van der Waals surface area contributed by atoms with Crippen molar-refractivity contribution >= 4 is 0 Å². The maximum Gasteiger partial charge on any atom is 0.165 e. The largest absolute Gasteiger partial charge is 0.504 e. The number of nitrogens with zero attached hydrogens (tertiary/aromatic N) is 1. The van der Waals surface area contributed by atoms with E-state index in [-0.39, 0.29) is 23.9 Å². The molecule has 1 unspecified atom stereocenters. The highest BCUT2D eigenvalue weighted by Gasteiger charge is 2.73. The van der Waals surface area contributed by atoms with Crippen LogP contribution >= 0.6 is 0 Å². The second-order valence-electron chi connectivity index (χ2n) is 9.48. The second kappa shape index (κ2) is 4.98. The van der Waals surface area contributed by atoms with Gasteiger partial charge in [0.15, 0.2) is 11.5 Å². The summed E-state index contributed by atoms with van der Waals surface area (Å²) < 4.78 is 6.39. The highest BCUT2D eigenvalue weighted by atomic mass is 16.5. The van der Waals surface area contributed by atoms with Crippen LogP contribution in [0.15, 0.2) is 12.1 Å². The average Bonchev–Trinajstić information content (AvgIpc) is 3.25. The summed E-state index contributed by atoms with van der Waals surface area (Å²) in [5, 5.41) is 36.6. The third kappa shape index (κ3) is 1.85. The van der Waals surface area contributed by atoms with Crippen molar-refractivity contribution in [3.05, 3.63) is 23.3 Å². The first-order valence-corrected chi connectivity index (χ1v) is 10.3. The molecular weight excluding hydrogens is 344 g/mol. The van der Waals surface area contributed by atoms with Crippen molar-refractivity contribution in [2.24, 2.45) is 0 Å². The van der Waals surface area contributed by atoms with E-state index in [1.807, 2.05) is 13.1 Å². The minimum absolute atomic E-state index is 0.0113. The molecule has 146 valence electrons. The number of hydrogen-bond acceptors (Lipinski definition) is 6. The van der Waals surface area contributed by atoms with Gasteiger partial charge in [0.25, 0.3) is 0 Å². The number of aromatic hydroxyl groups is 1. The number of ether oxygens (including phenoxy) is 1. The van der Waals surface area contributed by atoms with E-state index in [4.69, 9.17) is 4.74 Å². The Morgan fingerprint density at radius 2 is 2.04 bits per heavy atom. The van der Waals surface area contributed by atoms with Crippen LogP contribution < -0.4 is 10.1 Å². The molecule has 27 heavy (non-hydrogen) atoms. The number of phenolic OH excluding ortho intramolecular Hbond substituents is 1. The van der Waals surface area contributed by atoms with E-state index >= 15 is 0 Å². The first kappa shape index (κ1) is 16.6. The molecule has 1 aromatic rings. The Labute approximate surface area is 159 Å². The zero-order chi connectivity index (χ0) is 18.6. The van der Waals surface area contributed by atoms with Gasteiger partial charge in [-0.1, -0.05) is 6.07 Å². The van der Waals surface area contributed by atoms with E-state index in [1.165, 1.54) is 5.56 Å². The fourth-order valence-corrected chi connectivity index (χ4v) is 6.80. The van der Waals surface area contributed by atoms with Gasteiger partial charge < -0.3 is 25.4 Å². The molecule has 1 aromatic carbocycles. The lowest BCUT2D eigenvalue weighted by Crippen LogP contribution is -2.78. The van der Waals surface area contributed by atoms with Gasteiger partial charge in [-0.05, 0) is 63.7 Å². The normalized spacial score (nSPS) is 43.1. The fourth-order valence-electron chi connectivity index (χ4n) is 6.80. The predicted molar refractivity (Wildman–Crippen MR) is 99.1 cm³/mol. The molecule has 2 heterocycles. The van der Waals surface area contributed by atoms with Crippen molar-refractivity contribution in [3.8, 4) is 11.5 Å². The van der Waals surface area contributed by atoms with E-state index in [9.17, 15) is 15.3 Å². The monoisotopic (exact) mass is 372 g/mol. The summed E-state index contributed by atoms with van der Waals surface area (Å²) in [4.78, 5) is 2.34. The number of likely N-dealkylation sites (tertiary alicyclic amines) is 1. The van der Waals surface area contributed by atoms with Crippen LogP contribution in [-0.2, 0) is 11.8 Å². The lowest BCUT2D eigenvalue weighted by molar-refractivity contribution is -0.194. The number of phenols is 1. The molecule has 3 fully saturated rings. The number of nitrogens with one attached hydrogen (secondary N) is 1. The van der Waals surface area contributed by atoms with E-state index in [0.717, 1.165) is 44.2 Å². The lowest BCUT2D eigenvalue weighted by atomic mass is 9.48. The number of likely N-dealkylation sites (N-methyl/N-ethyl adjacent to an activating group) is 1. The van der Waals surface area contributed by atoms with Crippen LogP contribution in [0.3, 0.4) is 0 Å². The Morgan fingerprint density at radius 3 is 2.78 bits per heavy atom. The molecule has 6 rings (SSSR count). The van der Waals surface area contributed by atoms with Crippen molar-refractivity contribution in [2.45, 2.75) is 73.3 Å². The van der Waals surface area contributed by atoms with Gasteiger partial charge in [0, 0.05) is 24.2 Å². The average molecular weight is 372 g/mol. The van der Waals surface area contributed by atoms with Crippen molar-refractivity contribution in [1.29, 1.82) is 0 Å². The first-order chi connectivity index (χ1) is 12.9. The Hall–Kier alpha value is -1.34. The summed E-state index contributed by atoms with van der Waals surface area (Å²) in [5.41, 5.74) is 0.309. The van der Waals surface area contributed by atoms with E-state index in [1.54, 1.807) is 6.07 Å². The Morgan fingerprint density at radius 1 is 1.22 bits per heavy atom. The third-order valence-corrected chi connectivity index (χ3v) is 8.27. The summed E-state index contributed by atoms with van der Waals surface area (Å²) >= 11 is 0. The van der Waals surface area contributed by atoms with E-state index < -0.39 is 16.6 Å². The first-order valence-electron chi connectivity index (χ1n) is 10.3. The molecule has 3 aliphatic carbocycles. The van der Waals surface area contributed by atoms with E-state index in [2.05, 4.69) is 10.2 Å². The summed E-state index contributed by atoms with van der Waals surface area (Å²) in [6.07, 6.45) is 4.66. The van der Waals surface area contributed by atoms with Crippen LogP contribution in [0.5, 0.6) is 11.5 Å². The van der Waals surface area contributed by atoms with Gasteiger partial charge in [0.2, 0.25) is 0 Å². The van der Waals surface area contributed by atoms with E-state index in [0.29, 0.717) is 18.7 Å². The van der Waals surface area contributed by atoms with Gasteiger partial charge in [-0.3, -0.25) is 4.90 Å². The molecule has 4 N–H and O–H groups in total. The predicted octanol–water partition coefficient (Wildman–Crippen LogP) is 0.659.